The Bertz CT molecular complexity index is 422. The molecule has 96 valence electrons. The number of halogens is 1. The van der Waals surface area contributed by atoms with Crippen molar-refractivity contribution >= 4 is 11.6 Å². The SMILES string of the molecule is C#CC(CCC)NCC(=O)Nc1ccc(F)cc1. The van der Waals surface area contributed by atoms with Crippen LogP contribution in [-0.2, 0) is 4.79 Å². The summed E-state index contributed by atoms with van der Waals surface area (Å²) in [6.07, 6.45) is 7.12. The van der Waals surface area contributed by atoms with Gasteiger partial charge in [0.25, 0.3) is 0 Å². The van der Waals surface area contributed by atoms with Crippen LogP contribution in [-0.4, -0.2) is 18.5 Å². The summed E-state index contributed by atoms with van der Waals surface area (Å²) in [5.74, 6) is 2.06. The maximum Gasteiger partial charge on any atom is 0.238 e. The normalized spacial score (nSPS) is 11.6. The summed E-state index contributed by atoms with van der Waals surface area (Å²) in [5, 5.41) is 5.63. The van der Waals surface area contributed by atoms with E-state index in [-0.39, 0.29) is 24.3 Å². The molecule has 1 aromatic rings. The predicted octanol–water partition coefficient (Wildman–Crippen LogP) is 2.16. The highest BCUT2D eigenvalue weighted by Gasteiger charge is 2.06. The second-order valence-electron chi connectivity index (χ2n) is 3.94. The number of amides is 1. The van der Waals surface area contributed by atoms with Crippen LogP contribution in [0.1, 0.15) is 19.8 Å². The standard InChI is InChI=1S/C14H17FN2O/c1-3-5-12(4-2)16-10-14(18)17-13-8-6-11(15)7-9-13/h2,6-9,12,16H,3,5,10H2,1H3,(H,17,18). The fourth-order valence-electron chi connectivity index (χ4n) is 1.49. The van der Waals surface area contributed by atoms with Crippen molar-refractivity contribution < 1.29 is 9.18 Å². The van der Waals surface area contributed by atoms with Crippen LogP contribution in [0, 0.1) is 18.2 Å². The van der Waals surface area contributed by atoms with Crippen LogP contribution in [0.15, 0.2) is 24.3 Å². The van der Waals surface area contributed by atoms with E-state index < -0.39 is 0 Å². The van der Waals surface area contributed by atoms with Crippen LogP contribution in [0.3, 0.4) is 0 Å². The quantitative estimate of drug-likeness (QED) is 0.757. The maximum absolute atomic E-state index is 12.7. The van der Waals surface area contributed by atoms with Gasteiger partial charge >= 0.3 is 0 Å². The number of carbonyl (C=O) groups is 1. The van der Waals surface area contributed by atoms with Crippen molar-refractivity contribution in [3.8, 4) is 12.3 Å². The molecule has 1 unspecified atom stereocenters. The summed E-state index contributed by atoms with van der Waals surface area (Å²) in [5.41, 5.74) is 0.566. The number of nitrogens with one attached hydrogen (secondary N) is 2. The molecule has 0 bridgehead atoms. The largest absolute Gasteiger partial charge is 0.325 e. The molecular formula is C14H17FN2O. The van der Waals surface area contributed by atoms with Crippen LogP contribution in [0.5, 0.6) is 0 Å². The molecule has 3 nitrogen and oxygen atoms in total. The molecule has 1 rings (SSSR count). The first-order valence-corrected chi connectivity index (χ1v) is 5.90. The Morgan fingerprint density at radius 1 is 1.44 bits per heavy atom. The van der Waals surface area contributed by atoms with E-state index in [1.54, 1.807) is 0 Å². The minimum absolute atomic E-state index is 0.0889. The van der Waals surface area contributed by atoms with Crippen molar-refractivity contribution in [3.05, 3.63) is 30.1 Å². The number of benzene rings is 1. The second-order valence-corrected chi connectivity index (χ2v) is 3.94. The number of anilines is 1. The lowest BCUT2D eigenvalue weighted by Gasteiger charge is -2.11. The van der Waals surface area contributed by atoms with Crippen LogP contribution in [0.2, 0.25) is 0 Å². The first-order valence-electron chi connectivity index (χ1n) is 5.90. The van der Waals surface area contributed by atoms with Crippen LogP contribution < -0.4 is 10.6 Å². The summed E-state index contributed by atoms with van der Waals surface area (Å²) in [6, 6.07) is 5.53. The number of rotatable bonds is 6. The van der Waals surface area contributed by atoms with E-state index in [0.29, 0.717) is 5.69 Å². The Balaban J connectivity index is 2.38. The van der Waals surface area contributed by atoms with Crippen molar-refractivity contribution in [1.82, 2.24) is 5.32 Å². The Hall–Kier alpha value is -1.86. The monoisotopic (exact) mass is 248 g/mol. The van der Waals surface area contributed by atoms with Gasteiger partial charge in [0.1, 0.15) is 5.82 Å². The van der Waals surface area contributed by atoms with Gasteiger partial charge in [0, 0.05) is 5.69 Å². The Kier molecular flexibility index (Phi) is 5.89. The van der Waals surface area contributed by atoms with Crippen LogP contribution in [0.4, 0.5) is 10.1 Å². The fourth-order valence-corrected chi connectivity index (χ4v) is 1.49. The molecule has 0 aromatic heterocycles. The average molecular weight is 248 g/mol. The molecule has 0 aliphatic carbocycles. The lowest BCUT2D eigenvalue weighted by atomic mass is 10.2. The van der Waals surface area contributed by atoms with Crippen molar-refractivity contribution in [2.24, 2.45) is 0 Å². The van der Waals surface area contributed by atoms with E-state index in [1.165, 1.54) is 24.3 Å². The van der Waals surface area contributed by atoms with Gasteiger partial charge < -0.3 is 5.32 Å². The van der Waals surface area contributed by atoms with Gasteiger partial charge in [-0.05, 0) is 30.7 Å². The lowest BCUT2D eigenvalue weighted by Crippen LogP contribution is -2.35. The molecule has 0 aliphatic rings. The molecule has 1 aromatic carbocycles. The van der Waals surface area contributed by atoms with Crippen molar-refractivity contribution in [1.29, 1.82) is 0 Å². The third-order valence-corrected chi connectivity index (χ3v) is 2.42. The molecule has 0 fully saturated rings. The molecule has 4 heteroatoms. The van der Waals surface area contributed by atoms with Crippen LogP contribution in [0.25, 0.3) is 0 Å². The van der Waals surface area contributed by atoms with E-state index in [2.05, 4.69) is 16.6 Å². The summed E-state index contributed by atoms with van der Waals surface area (Å²) in [6.45, 7) is 2.18. The van der Waals surface area contributed by atoms with Crippen molar-refractivity contribution in [2.45, 2.75) is 25.8 Å². The van der Waals surface area contributed by atoms with Gasteiger partial charge in [0.05, 0.1) is 12.6 Å². The number of hydrogen-bond donors (Lipinski definition) is 2. The van der Waals surface area contributed by atoms with Gasteiger partial charge in [0.15, 0.2) is 0 Å². The summed E-state index contributed by atoms with van der Waals surface area (Å²) >= 11 is 0. The highest BCUT2D eigenvalue weighted by molar-refractivity contribution is 5.92. The number of carbonyl (C=O) groups excluding carboxylic acids is 1. The molecule has 0 spiro atoms. The van der Waals surface area contributed by atoms with E-state index in [1.807, 2.05) is 6.92 Å². The molecule has 2 N–H and O–H groups in total. The van der Waals surface area contributed by atoms with Crippen molar-refractivity contribution in [2.75, 3.05) is 11.9 Å². The molecule has 18 heavy (non-hydrogen) atoms. The Morgan fingerprint density at radius 3 is 2.67 bits per heavy atom. The maximum atomic E-state index is 12.7. The minimum atomic E-state index is -0.332. The van der Waals surface area contributed by atoms with Crippen LogP contribution >= 0.6 is 0 Å². The smallest absolute Gasteiger partial charge is 0.238 e. The van der Waals surface area contributed by atoms with E-state index in [4.69, 9.17) is 6.42 Å². The van der Waals surface area contributed by atoms with Gasteiger partial charge in [-0.2, -0.15) is 0 Å². The van der Waals surface area contributed by atoms with Gasteiger partial charge in [-0.15, -0.1) is 6.42 Å². The van der Waals surface area contributed by atoms with E-state index in [0.717, 1.165) is 12.8 Å². The zero-order chi connectivity index (χ0) is 13.4. The molecule has 1 atom stereocenters. The average Bonchev–Trinajstić information content (AvgIpc) is 2.37. The van der Waals surface area contributed by atoms with E-state index in [9.17, 15) is 9.18 Å². The lowest BCUT2D eigenvalue weighted by molar-refractivity contribution is -0.115. The zero-order valence-corrected chi connectivity index (χ0v) is 10.4. The van der Waals surface area contributed by atoms with Gasteiger partial charge in [-0.1, -0.05) is 19.3 Å². The topological polar surface area (TPSA) is 41.1 Å². The van der Waals surface area contributed by atoms with Crippen molar-refractivity contribution in [3.63, 3.8) is 0 Å². The molecule has 0 aliphatic heterocycles. The molecule has 0 heterocycles. The van der Waals surface area contributed by atoms with E-state index >= 15 is 0 Å². The number of hydrogen-bond acceptors (Lipinski definition) is 2. The summed E-state index contributed by atoms with van der Waals surface area (Å²) < 4.78 is 12.7. The van der Waals surface area contributed by atoms with Gasteiger partial charge in [0.2, 0.25) is 5.91 Å². The fraction of sp³-hybridized carbons (Fsp3) is 0.357. The molecule has 0 saturated carbocycles. The molecular weight excluding hydrogens is 231 g/mol. The highest BCUT2D eigenvalue weighted by atomic mass is 19.1. The number of terminal acetylenes is 1. The highest BCUT2D eigenvalue weighted by Crippen LogP contribution is 2.07. The predicted molar refractivity (Wildman–Crippen MR) is 70.6 cm³/mol. The van der Waals surface area contributed by atoms with Gasteiger partial charge in [-0.25, -0.2) is 4.39 Å². The summed E-state index contributed by atoms with van der Waals surface area (Å²) in [4.78, 5) is 11.6. The summed E-state index contributed by atoms with van der Waals surface area (Å²) in [7, 11) is 0. The Labute approximate surface area is 107 Å². The first-order chi connectivity index (χ1) is 8.65. The third-order valence-electron chi connectivity index (χ3n) is 2.42. The second kappa shape index (κ2) is 7.46. The third kappa shape index (κ3) is 4.98. The molecule has 0 radical (unpaired) electrons. The first kappa shape index (κ1) is 14.2. The zero-order valence-electron chi connectivity index (χ0n) is 10.4. The minimum Gasteiger partial charge on any atom is -0.325 e. The molecule has 1 amide bonds. The Morgan fingerprint density at radius 2 is 2.11 bits per heavy atom. The molecule has 0 saturated heterocycles. The van der Waals surface area contributed by atoms with Gasteiger partial charge in [-0.3, -0.25) is 10.1 Å².